The molecule has 1 unspecified atom stereocenters. The highest BCUT2D eigenvalue weighted by atomic mass is 16.5. The third kappa shape index (κ3) is 8.08. The first-order valence-corrected chi connectivity index (χ1v) is 9.71. The zero-order valence-electron chi connectivity index (χ0n) is 17.0. The fraction of sp³-hybridized carbons (Fsp3) is 0.636. The number of carbonyl (C=O) groups is 4. The Morgan fingerprint density at radius 3 is 2.54 bits per heavy atom. The number of ether oxygens (including phenoxy) is 2. The summed E-state index contributed by atoms with van der Waals surface area (Å²) >= 11 is 0. The van der Waals surface area contributed by atoms with Gasteiger partial charge in [0, 0.05) is 19.8 Å². The van der Waals surface area contributed by atoms with Gasteiger partial charge in [-0.2, -0.15) is 0 Å². The molecule has 0 aromatic rings. The van der Waals surface area contributed by atoms with Crippen molar-refractivity contribution >= 4 is 23.5 Å². The topological polar surface area (TPSA) is 86.7 Å². The lowest BCUT2D eigenvalue weighted by atomic mass is 9.90. The van der Waals surface area contributed by atoms with Gasteiger partial charge < -0.3 is 9.47 Å². The molecular weight excluding hydrogens is 360 g/mol. The van der Waals surface area contributed by atoms with Gasteiger partial charge in [-0.1, -0.05) is 11.6 Å². The van der Waals surface area contributed by atoms with Gasteiger partial charge in [0.2, 0.25) is 5.78 Å². The molecule has 0 bridgehead atoms. The number of esters is 2. The minimum Gasteiger partial charge on any atom is -0.468 e. The summed E-state index contributed by atoms with van der Waals surface area (Å²) in [6.45, 7) is 3.34. The van der Waals surface area contributed by atoms with Crippen molar-refractivity contribution in [3.63, 3.8) is 0 Å². The molecule has 0 aliphatic heterocycles. The van der Waals surface area contributed by atoms with Crippen molar-refractivity contribution in [2.45, 2.75) is 71.3 Å². The van der Waals surface area contributed by atoms with Crippen LogP contribution in [0.2, 0.25) is 0 Å². The maximum absolute atomic E-state index is 11.9. The molecular formula is C22H30O6. The molecule has 3 atom stereocenters. The Hall–Kier alpha value is -2.42. The Morgan fingerprint density at radius 1 is 1.25 bits per heavy atom. The summed E-state index contributed by atoms with van der Waals surface area (Å²) in [6, 6.07) is 0. The van der Waals surface area contributed by atoms with Crippen LogP contribution in [-0.4, -0.2) is 36.7 Å². The van der Waals surface area contributed by atoms with E-state index in [2.05, 4.69) is 12.0 Å². The van der Waals surface area contributed by atoms with Crippen LogP contribution in [-0.2, 0) is 28.7 Å². The maximum atomic E-state index is 11.9. The van der Waals surface area contributed by atoms with Crippen LogP contribution in [0.25, 0.3) is 0 Å². The van der Waals surface area contributed by atoms with Gasteiger partial charge in [-0.15, -0.1) is 6.42 Å². The largest absolute Gasteiger partial charge is 0.468 e. The van der Waals surface area contributed by atoms with E-state index < -0.39 is 11.9 Å². The standard InChI is InChI=1S/C22H30O6/c1-5-18(24)11-13-19(28-16(3)23)12-9-15(2)7-6-8-17-10-14-20(25)21(17)22(26)27-4/h1,7,17,19,21H,6,8-14H2,2-4H3/b15-7+/t17-,19?,21+/m1/s1. The summed E-state index contributed by atoms with van der Waals surface area (Å²) in [5.74, 6) is 0.347. The van der Waals surface area contributed by atoms with Crippen molar-refractivity contribution in [2.75, 3.05) is 7.11 Å². The minimum atomic E-state index is -0.624. The molecule has 154 valence electrons. The number of carbonyl (C=O) groups excluding carboxylic acids is 4. The van der Waals surface area contributed by atoms with E-state index in [-0.39, 0.29) is 36.0 Å². The van der Waals surface area contributed by atoms with Gasteiger partial charge in [0.25, 0.3) is 0 Å². The van der Waals surface area contributed by atoms with Crippen LogP contribution < -0.4 is 0 Å². The van der Waals surface area contributed by atoms with Crippen LogP contribution in [0, 0.1) is 24.2 Å². The summed E-state index contributed by atoms with van der Waals surface area (Å²) in [7, 11) is 1.31. The zero-order valence-corrected chi connectivity index (χ0v) is 17.0. The second-order valence-electron chi connectivity index (χ2n) is 7.27. The van der Waals surface area contributed by atoms with Gasteiger partial charge in [-0.3, -0.25) is 19.2 Å². The lowest BCUT2D eigenvalue weighted by molar-refractivity contribution is -0.150. The van der Waals surface area contributed by atoms with Crippen molar-refractivity contribution in [1.29, 1.82) is 0 Å². The van der Waals surface area contributed by atoms with E-state index in [1.165, 1.54) is 14.0 Å². The van der Waals surface area contributed by atoms with Crippen LogP contribution >= 0.6 is 0 Å². The minimum absolute atomic E-state index is 0.0247. The summed E-state index contributed by atoms with van der Waals surface area (Å²) in [6.07, 6.45) is 11.5. The molecule has 0 spiro atoms. The number of Topliss-reactive ketones (excluding diaryl/α,β-unsaturated/α-hetero) is 2. The van der Waals surface area contributed by atoms with Crippen LogP contribution in [0.4, 0.5) is 0 Å². The second kappa shape index (κ2) is 12.1. The number of rotatable bonds is 11. The van der Waals surface area contributed by atoms with Gasteiger partial charge in [-0.05, 0) is 57.3 Å². The monoisotopic (exact) mass is 390 g/mol. The smallest absolute Gasteiger partial charge is 0.316 e. The third-order valence-corrected chi connectivity index (χ3v) is 5.11. The van der Waals surface area contributed by atoms with Gasteiger partial charge in [0.15, 0.2) is 0 Å². The van der Waals surface area contributed by atoms with Crippen molar-refractivity contribution in [3.05, 3.63) is 11.6 Å². The molecule has 1 saturated carbocycles. The quantitative estimate of drug-likeness (QED) is 0.177. The van der Waals surface area contributed by atoms with Gasteiger partial charge >= 0.3 is 11.9 Å². The zero-order chi connectivity index (χ0) is 21.1. The van der Waals surface area contributed by atoms with Gasteiger partial charge in [0.1, 0.15) is 17.8 Å². The van der Waals surface area contributed by atoms with Crippen LogP contribution in [0.5, 0.6) is 0 Å². The first kappa shape index (κ1) is 23.6. The molecule has 1 fully saturated rings. The molecule has 0 aromatic heterocycles. The van der Waals surface area contributed by atoms with Crippen molar-refractivity contribution in [3.8, 4) is 12.3 Å². The SMILES string of the molecule is C#CC(=O)CCC(CC/C(C)=C/CC[C@@H]1CCC(=O)[C@H]1C(=O)OC)OC(C)=O. The van der Waals surface area contributed by atoms with Crippen molar-refractivity contribution < 1.29 is 28.7 Å². The number of terminal acetylenes is 1. The normalized spacial score (nSPS) is 20.4. The molecule has 6 heteroatoms. The lowest BCUT2D eigenvalue weighted by Crippen LogP contribution is -2.26. The summed E-state index contributed by atoms with van der Waals surface area (Å²) in [5, 5.41) is 0. The fourth-order valence-electron chi connectivity index (χ4n) is 3.57. The molecule has 0 N–H and O–H groups in total. The number of hydrogen-bond donors (Lipinski definition) is 0. The highest BCUT2D eigenvalue weighted by Crippen LogP contribution is 2.33. The molecule has 1 rings (SSSR count). The summed E-state index contributed by atoms with van der Waals surface area (Å²) in [5.41, 5.74) is 1.14. The number of ketones is 2. The molecule has 0 saturated heterocycles. The van der Waals surface area contributed by atoms with E-state index in [9.17, 15) is 19.2 Å². The number of hydrogen-bond acceptors (Lipinski definition) is 6. The highest BCUT2D eigenvalue weighted by molar-refractivity contribution is 6.00. The predicted octanol–water partition coefficient (Wildman–Crippen LogP) is 3.18. The molecule has 28 heavy (non-hydrogen) atoms. The number of allylic oxidation sites excluding steroid dienone is 2. The summed E-state index contributed by atoms with van der Waals surface area (Å²) < 4.78 is 10.0. The lowest BCUT2D eigenvalue weighted by Gasteiger charge is -2.17. The number of methoxy groups -OCH3 is 1. The Balaban J connectivity index is 2.48. The molecule has 0 radical (unpaired) electrons. The Labute approximate surface area is 167 Å². The Bertz CT molecular complexity index is 654. The van der Waals surface area contributed by atoms with Crippen LogP contribution in [0.3, 0.4) is 0 Å². The Kier molecular flexibility index (Phi) is 10.2. The van der Waals surface area contributed by atoms with E-state index in [1.54, 1.807) is 0 Å². The van der Waals surface area contributed by atoms with Crippen molar-refractivity contribution in [1.82, 2.24) is 0 Å². The average Bonchev–Trinajstić information content (AvgIpc) is 3.03. The second-order valence-corrected chi connectivity index (χ2v) is 7.27. The molecule has 0 aromatic carbocycles. The van der Waals surface area contributed by atoms with E-state index in [0.29, 0.717) is 19.3 Å². The summed E-state index contributed by atoms with van der Waals surface area (Å²) in [4.78, 5) is 46.2. The van der Waals surface area contributed by atoms with Crippen LogP contribution in [0.15, 0.2) is 11.6 Å². The molecule has 0 amide bonds. The molecule has 0 heterocycles. The molecule has 1 aliphatic carbocycles. The maximum Gasteiger partial charge on any atom is 0.316 e. The highest BCUT2D eigenvalue weighted by Gasteiger charge is 2.40. The van der Waals surface area contributed by atoms with E-state index in [0.717, 1.165) is 31.3 Å². The Morgan fingerprint density at radius 2 is 1.93 bits per heavy atom. The van der Waals surface area contributed by atoms with Gasteiger partial charge in [-0.25, -0.2) is 0 Å². The first-order valence-electron chi connectivity index (χ1n) is 9.71. The van der Waals surface area contributed by atoms with Gasteiger partial charge in [0.05, 0.1) is 7.11 Å². The first-order chi connectivity index (χ1) is 13.3. The molecule has 1 aliphatic rings. The van der Waals surface area contributed by atoms with Crippen molar-refractivity contribution in [2.24, 2.45) is 11.8 Å². The van der Waals surface area contributed by atoms with E-state index >= 15 is 0 Å². The van der Waals surface area contributed by atoms with E-state index in [4.69, 9.17) is 15.9 Å². The molecule has 6 nitrogen and oxygen atoms in total. The third-order valence-electron chi connectivity index (χ3n) is 5.11. The van der Waals surface area contributed by atoms with E-state index in [1.807, 2.05) is 6.92 Å². The average molecular weight is 390 g/mol. The predicted molar refractivity (Wildman–Crippen MR) is 104 cm³/mol. The van der Waals surface area contributed by atoms with Crippen LogP contribution in [0.1, 0.15) is 65.2 Å². The fourth-order valence-corrected chi connectivity index (χ4v) is 3.57.